The van der Waals surface area contributed by atoms with Gasteiger partial charge in [-0.1, -0.05) is 51.4 Å². The molecule has 1 aromatic rings. The molecule has 0 aliphatic carbocycles. The highest BCUT2D eigenvalue weighted by Crippen LogP contribution is 2.25. The number of aliphatic imine (C=N–C) groups is 1. The van der Waals surface area contributed by atoms with Gasteiger partial charge in [0.05, 0.1) is 6.54 Å². The van der Waals surface area contributed by atoms with E-state index >= 15 is 0 Å². The van der Waals surface area contributed by atoms with Gasteiger partial charge in [-0.15, -0.1) is 0 Å². The second-order valence-corrected chi connectivity index (χ2v) is 8.59. The van der Waals surface area contributed by atoms with E-state index in [1.807, 2.05) is 30.9 Å². The Kier molecular flexibility index (Phi) is 7.54. The lowest BCUT2D eigenvalue weighted by Gasteiger charge is -2.25. The Labute approximate surface area is 168 Å². The van der Waals surface area contributed by atoms with Gasteiger partial charge in [-0.25, -0.2) is 0 Å². The second kappa shape index (κ2) is 9.45. The molecule has 1 amide bonds. The molecular formula is C21H33ClN4O. The van der Waals surface area contributed by atoms with Crippen LogP contribution in [0.25, 0.3) is 0 Å². The van der Waals surface area contributed by atoms with Gasteiger partial charge in [-0.05, 0) is 31.0 Å². The maximum absolute atomic E-state index is 12.2. The lowest BCUT2D eigenvalue weighted by molar-refractivity contribution is -0.133. The molecule has 0 aromatic heterocycles. The number of nitrogens with zero attached hydrogens (tertiary/aromatic N) is 2. The molecule has 1 aromatic carbocycles. The molecule has 0 spiro atoms. The predicted octanol–water partition coefficient (Wildman–Crippen LogP) is 3.43. The van der Waals surface area contributed by atoms with Gasteiger partial charge in [0.15, 0.2) is 5.96 Å². The minimum absolute atomic E-state index is 0.0471. The largest absolute Gasteiger partial charge is 0.357 e. The van der Waals surface area contributed by atoms with Crippen LogP contribution >= 0.6 is 11.6 Å². The van der Waals surface area contributed by atoms with Gasteiger partial charge in [0, 0.05) is 42.0 Å². The molecule has 1 aliphatic rings. The van der Waals surface area contributed by atoms with Gasteiger partial charge in [-0.2, -0.15) is 0 Å². The number of likely N-dealkylation sites (tertiary alicyclic amines) is 1. The lowest BCUT2D eigenvalue weighted by atomic mass is 9.85. The number of carbonyl (C=O) groups excluding carboxylic acids is 1. The van der Waals surface area contributed by atoms with Crippen molar-refractivity contribution in [2.75, 3.05) is 26.2 Å². The fraction of sp³-hybridized carbons (Fsp3) is 0.619. The summed E-state index contributed by atoms with van der Waals surface area (Å²) < 4.78 is 0. The van der Waals surface area contributed by atoms with E-state index in [1.165, 1.54) is 5.56 Å². The zero-order valence-electron chi connectivity index (χ0n) is 17.2. The van der Waals surface area contributed by atoms with Gasteiger partial charge in [-0.3, -0.25) is 9.79 Å². The summed E-state index contributed by atoms with van der Waals surface area (Å²) in [5, 5.41) is 7.57. The summed E-state index contributed by atoms with van der Waals surface area (Å²) >= 11 is 6.00. The van der Waals surface area contributed by atoms with Crippen molar-refractivity contribution in [3.63, 3.8) is 0 Å². The molecule has 1 heterocycles. The van der Waals surface area contributed by atoms with Crippen LogP contribution < -0.4 is 10.6 Å². The number of benzene rings is 1. The second-order valence-electron chi connectivity index (χ2n) is 8.15. The van der Waals surface area contributed by atoms with Crippen LogP contribution in [0, 0.1) is 5.92 Å². The fourth-order valence-corrected chi connectivity index (χ4v) is 3.35. The number of rotatable bonds is 6. The standard InChI is InChI=1S/C21H33ClN4O/c1-6-23-20(25-18-11-12-26(13-18)19(27)15(2)3)24-14-21(4,5)16-7-9-17(22)10-8-16/h7-10,15,18H,6,11-14H2,1-5H3,(H2,23,24,25). The molecule has 5 nitrogen and oxygen atoms in total. The molecule has 1 aliphatic heterocycles. The molecule has 0 bridgehead atoms. The topological polar surface area (TPSA) is 56.7 Å². The van der Waals surface area contributed by atoms with Crippen molar-refractivity contribution in [1.82, 2.24) is 15.5 Å². The fourth-order valence-electron chi connectivity index (χ4n) is 3.23. The van der Waals surface area contributed by atoms with E-state index < -0.39 is 0 Å². The molecule has 0 radical (unpaired) electrons. The summed E-state index contributed by atoms with van der Waals surface area (Å²) in [5.41, 5.74) is 1.11. The van der Waals surface area contributed by atoms with E-state index in [9.17, 15) is 4.79 Å². The highest BCUT2D eigenvalue weighted by atomic mass is 35.5. The van der Waals surface area contributed by atoms with Crippen molar-refractivity contribution in [3.8, 4) is 0 Å². The number of nitrogens with one attached hydrogen (secondary N) is 2. The maximum atomic E-state index is 12.2. The zero-order chi connectivity index (χ0) is 20.0. The van der Waals surface area contributed by atoms with Crippen molar-refractivity contribution < 1.29 is 4.79 Å². The van der Waals surface area contributed by atoms with Crippen molar-refractivity contribution >= 4 is 23.5 Å². The number of guanidine groups is 1. The molecule has 27 heavy (non-hydrogen) atoms. The van der Waals surface area contributed by atoms with Crippen LogP contribution in [0.3, 0.4) is 0 Å². The number of amides is 1. The molecule has 1 unspecified atom stereocenters. The smallest absolute Gasteiger partial charge is 0.225 e. The maximum Gasteiger partial charge on any atom is 0.225 e. The van der Waals surface area contributed by atoms with Gasteiger partial charge in [0.2, 0.25) is 5.91 Å². The van der Waals surface area contributed by atoms with Crippen LogP contribution in [-0.4, -0.2) is 49.0 Å². The summed E-state index contributed by atoms with van der Waals surface area (Å²) in [7, 11) is 0. The minimum atomic E-state index is -0.0950. The van der Waals surface area contributed by atoms with Gasteiger partial charge >= 0.3 is 0 Å². The number of hydrogen-bond acceptors (Lipinski definition) is 2. The van der Waals surface area contributed by atoms with E-state index in [1.54, 1.807) is 0 Å². The SMILES string of the molecule is CCNC(=NCC(C)(C)c1ccc(Cl)cc1)NC1CCN(C(=O)C(C)C)C1. The third-order valence-corrected chi connectivity index (χ3v) is 5.19. The van der Waals surface area contributed by atoms with Crippen LogP contribution in [0.4, 0.5) is 0 Å². The first kappa shape index (κ1) is 21.5. The summed E-state index contributed by atoms with van der Waals surface area (Å²) in [5.74, 6) is 1.08. The summed E-state index contributed by atoms with van der Waals surface area (Å²) in [6, 6.07) is 8.20. The predicted molar refractivity (Wildman–Crippen MR) is 113 cm³/mol. The Morgan fingerprint density at radius 1 is 1.33 bits per heavy atom. The Balaban J connectivity index is 2.00. The van der Waals surface area contributed by atoms with Crippen molar-refractivity contribution in [2.45, 2.75) is 52.5 Å². The van der Waals surface area contributed by atoms with E-state index in [4.69, 9.17) is 16.6 Å². The first-order chi connectivity index (χ1) is 12.7. The average Bonchev–Trinajstić information content (AvgIpc) is 3.08. The summed E-state index contributed by atoms with van der Waals surface area (Å²) in [4.78, 5) is 18.9. The van der Waals surface area contributed by atoms with Crippen molar-refractivity contribution in [3.05, 3.63) is 34.9 Å². The van der Waals surface area contributed by atoms with Crippen molar-refractivity contribution in [2.24, 2.45) is 10.9 Å². The Hall–Kier alpha value is -1.75. The lowest BCUT2D eigenvalue weighted by Crippen LogP contribution is -2.45. The molecule has 2 N–H and O–H groups in total. The van der Waals surface area contributed by atoms with Crippen LogP contribution in [0.15, 0.2) is 29.3 Å². The number of halogens is 1. The highest BCUT2D eigenvalue weighted by Gasteiger charge is 2.28. The van der Waals surface area contributed by atoms with Crippen molar-refractivity contribution in [1.29, 1.82) is 0 Å². The van der Waals surface area contributed by atoms with E-state index in [0.717, 1.165) is 37.0 Å². The molecule has 1 atom stereocenters. The zero-order valence-corrected chi connectivity index (χ0v) is 17.9. The highest BCUT2D eigenvalue weighted by molar-refractivity contribution is 6.30. The molecule has 1 saturated heterocycles. The molecule has 1 fully saturated rings. The van der Waals surface area contributed by atoms with E-state index in [0.29, 0.717) is 6.54 Å². The normalized spacial score (nSPS) is 18.1. The van der Waals surface area contributed by atoms with Gasteiger partial charge < -0.3 is 15.5 Å². The first-order valence-electron chi connectivity index (χ1n) is 9.82. The summed E-state index contributed by atoms with van der Waals surface area (Å²) in [6.45, 7) is 13.3. The van der Waals surface area contributed by atoms with Gasteiger partial charge in [0.1, 0.15) is 0 Å². The molecule has 150 valence electrons. The Morgan fingerprint density at radius 3 is 2.59 bits per heavy atom. The molecule has 0 saturated carbocycles. The molecule has 2 rings (SSSR count). The molecule has 6 heteroatoms. The number of carbonyl (C=O) groups is 1. The van der Waals surface area contributed by atoms with E-state index in [-0.39, 0.29) is 23.3 Å². The van der Waals surface area contributed by atoms with Crippen LogP contribution in [0.1, 0.15) is 46.6 Å². The van der Waals surface area contributed by atoms with Crippen LogP contribution in [-0.2, 0) is 10.2 Å². The Bertz CT molecular complexity index is 655. The summed E-state index contributed by atoms with van der Waals surface area (Å²) in [6.07, 6.45) is 0.948. The first-order valence-corrected chi connectivity index (χ1v) is 10.2. The monoisotopic (exact) mass is 392 g/mol. The van der Waals surface area contributed by atoms with Crippen LogP contribution in [0.5, 0.6) is 0 Å². The average molecular weight is 393 g/mol. The number of hydrogen-bond donors (Lipinski definition) is 2. The molecular weight excluding hydrogens is 360 g/mol. The Morgan fingerprint density at radius 2 is 2.00 bits per heavy atom. The van der Waals surface area contributed by atoms with Crippen LogP contribution in [0.2, 0.25) is 5.02 Å². The third-order valence-electron chi connectivity index (χ3n) is 4.94. The minimum Gasteiger partial charge on any atom is -0.357 e. The third kappa shape index (κ3) is 6.13. The quantitative estimate of drug-likeness (QED) is 0.576. The van der Waals surface area contributed by atoms with E-state index in [2.05, 4.69) is 43.5 Å². The van der Waals surface area contributed by atoms with Gasteiger partial charge in [0.25, 0.3) is 0 Å².